The minimum Gasteiger partial charge on any atom is -0.496 e. The number of nitrogens with zero attached hydrogens (tertiary/aromatic N) is 1. The molecule has 5 aromatic rings. The molecule has 0 N–H and O–H groups in total. The van der Waals surface area contributed by atoms with Crippen molar-refractivity contribution in [3.63, 3.8) is 0 Å². The molecule has 0 aliphatic rings. The molecule has 5 rings (SSSR count). The summed E-state index contributed by atoms with van der Waals surface area (Å²) >= 11 is 0. The van der Waals surface area contributed by atoms with Crippen LogP contribution in [-0.4, -0.2) is 18.1 Å². The quantitative estimate of drug-likeness (QED) is 0.237. The Bertz CT molecular complexity index is 1460. The van der Waals surface area contributed by atoms with Crippen molar-refractivity contribution < 1.29 is 23.1 Å². The summed E-state index contributed by atoms with van der Waals surface area (Å²) < 4.78 is 21.7. The molecule has 0 radical (unpaired) electrons. The van der Waals surface area contributed by atoms with Crippen molar-refractivity contribution in [3.8, 4) is 23.0 Å². The Morgan fingerprint density at radius 3 is 2.55 bits per heavy atom. The molecule has 0 unspecified atom stereocenters. The lowest BCUT2D eigenvalue weighted by molar-refractivity contribution is 0.0731. The fourth-order valence-corrected chi connectivity index (χ4v) is 3.27. The van der Waals surface area contributed by atoms with Crippen LogP contribution in [0.4, 0.5) is 0 Å². The van der Waals surface area contributed by atoms with Crippen LogP contribution in [0, 0.1) is 0 Å². The summed E-state index contributed by atoms with van der Waals surface area (Å²) in [6, 6.07) is 20.4. The van der Waals surface area contributed by atoms with Crippen LogP contribution in [0.5, 0.6) is 11.5 Å². The number of para-hydroxylation sites is 3. The molecule has 0 spiro atoms. The van der Waals surface area contributed by atoms with Gasteiger partial charge in [-0.1, -0.05) is 24.3 Å². The Hall–Kier alpha value is -4.39. The van der Waals surface area contributed by atoms with Crippen molar-refractivity contribution in [3.05, 3.63) is 88.8 Å². The second-order valence-electron chi connectivity index (χ2n) is 6.72. The molecule has 0 saturated carbocycles. The number of rotatable bonds is 4. The number of benzene rings is 3. The molecule has 0 aliphatic carbocycles. The molecule has 7 nitrogen and oxygen atoms in total. The molecular weight excluding hydrogens is 398 g/mol. The van der Waals surface area contributed by atoms with Crippen LogP contribution in [0.25, 0.3) is 33.5 Å². The topological polar surface area (TPSA) is 91.8 Å². The van der Waals surface area contributed by atoms with E-state index in [-0.39, 0.29) is 28.4 Å². The molecule has 0 aliphatic heterocycles. The number of esters is 1. The Kier molecular flexibility index (Phi) is 4.48. The third-order valence-corrected chi connectivity index (χ3v) is 4.77. The Morgan fingerprint density at radius 2 is 1.71 bits per heavy atom. The summed E-state index contributed by atoms with van der Waals surface area (Å²) in [5, 5.41) is 0.633. The van der Waals surface area contributed by atoms with Crippen LogP contribution in [0.1, 0.15) is 10.4 Å². The van der Waals surface area contributed by atoms with Crippen LogP contribution in [0.3, 0.4) is 0 Å². The maximum atomic E-state index is 12.6. The van der Waals surface area contributed by atoms with Crippen LogP contribution >= 0.6 is 0 Å². The first kappa shape index (κ1) is 18.6. The lowest BCUT2D eigenvalue weighted by atomic mass is 10.1. The van der Waals surface area contributed by atoms with Crippen LogP contribution in [0.2, 0.25) is 0 Å². The summed E-state index contributed by atoms with van der Waals surface area (Å²) in [7, 11) is 1.48. The van der Waals surface area contributed by atoms with Crippen molar-refractivity contribution in [2.75, 3.05) is 7.11 Å². The fourth-order valence-electron chi connectivity index (χ4n) is 3.27. The van der Waals surface area contributed by atoms with Crippen molar-refractivity contribution in [1.29, 1.82) is 0 Å². The first-order chi connectivity index (χ1) is 15.1. The highest BCUT2D eigenvalue weighted by molar-refractivity contribution is 5.94. The molecule has 0 bridgehead atoms. The molecule has 0 saturated heterocycles. The van der Waals surface area contributed by atoms with Gasteiger partial charge in [0.25, 0.3) is 0 Å². The zero-order valence-corrected chi connectivity index (χ0v) is 16.3. The highest BCUT2D eigenvalue weighted by Crippen LogP contribution is 2.27. The predicted octanol–water partition coefficient (Wildman–Crippen LogP) is 4.83. The van der Waals surface area contributed by atoms with Gasteiger partial charge in [0.1, 0.15) is 33.7 Å². The second-order valence-corrected chi connectivity index (χ2v) is 6.72. The van der Waals surface area contributed by atoms with Crippen LogP contribution < -0.4 is 15.1 Å². The van der Waals surface area contributed by atoms with Gasteiger partial charge in [0.15, 0.2) is 5.58 Å². The summed E-state index contributed by atoms with van der Waals surface area (Å²) in [5.74, 6) is 0.245. The number of hydrogen-bond donors (Lipinski definition) is 0. The average Bonchev–Trinajstić information content (AvgIpc) is 3.22. The SMILES string of the molecule is COc1ccccc1C(=O)Oc1ccc2cc(-c3nc4ccccc4o3)c(=O)oc2c1. The van der Waals surface area contributed by atoms with Gasteiger partial charge in [0.2, 0.25) is 5.89 Å². The highest BCUT2D eigenvalue weighted by atomic mass is 16.5. The molecule has 0 fully saturated rings. The molecular formula is C24H15NO6. The lowest BCUT2D eigenvalue weighted by Gasteiger charge is -2.08. The van der Waals surface area contributed by atoms with Crippen LogP contribution in [-0.2, 0) is 0 Å². The van der Waals surface area contributed by atoms with Gasteiger partial charge in [0.05, 0.1) is 7.11 Å². The number of oxazole rings is 1. The number of methoxy groups -OCH3 is 1. The number of carbonyl (C=O) groups excluding carboxylic acids is 1. The number of fused-ring (bicyclic) bond motifs is 2. The van der Waals surface area contributed by atoms with Gasteiger partial charge >= 0.3 is 11.6 Å². The molecule has 31 heavy (non-hydrogen) atoms. The monoisotopic (exact) mass is 413 g/mol. The Balaban J connectivity index is 1.49. The van der Waals surface area contributed by atoms with E-state index in [1.807, 2.05) is 12.1 Å². The molecule has 0 atom stereocenters. The van der Waals surface area contributed by atoms with E-state index in [0.717, 1.165) is 0 Å². The zero-order chi connectivity index (χ0) is 21.4. The normalized spacial score (nSPS) is 11.0. The van der Waals surface area contributed by atoms with Gasteiger partial charge in [-0.3, -0.25) is 0 Å². The average molecular weight is 413 g/mol. The van der Waals surface area contributed by atoms with Crippen molar-refractivity contribution in [2.24, 2.45) is 0 Å². The maximum absolute atomic E-state index is 12.6. The smallest absolute Gasteiger partial charge is 0.349 e. The van der Waals surface area contributed by atoms with E-state index in [1.54, 1.807) is 54.6 Å². The zero-order valence-electron chi connectivity index (χ0n) is 16.3. The van der Waals surface area contributed by atoms with E-state index in [9.17, 15) is 9.59 Å². The molecule has 7 heteroatoms. The predicted molar refractivity (Wildman–Crippen MR) is 113 cm³/mol. The largest absolute Gasteiger partial charge is 0.496 e. The summed E-state index contributed by atoms with van der Waals surface area (Å²) in [6.07, 6.45) is 0. The van der Waals surface area contributed by atoms with Gasteiger partial charge in [-0.15, -0.1) is 0 Å². The molecule has 2 heterocycles. The minimum atomic E-state index is -0.604. The molecule has 3 aromatic carbocycles. The fraction of sp³-hybridized carbons (Fsp3) is 0.0417. The lowest BCUT2D eigenvalue weighted by Crippen LogP contribution is -2.10. The number of ether oxygens (including phenoxy) is 2. The van der Waals surface area contributed by atoms with Gasteiger partial charge < -0.3 is 18.3 Å². The van der Waals surface area contributed by atoms with E-state index >= 15 is 0 Å². The van der Waals surface area contributed by atoms with Crippen molar-refractivity contribution in [2.45, 2.75) is 0 Å². The highest BCUT2D eigenvalue weighted by Gasteiger charge is 2.17. The van der Waals surface area contributed by atoms with Gasteiger partial charge in [-0.05, 0) is 42.5 Å². The second kappa shape index (κ2) is 7.46. The van der Waals surface area contributed by atoms with E-state index < -0.39 is 11.6 Å². The molecule has 2 aromatic heterocycles. The van der Waals surface area contributed by atoms with Gasteiger partial charge in [-0.25, -0.2) is 14.6 Å². The van der Waals surface area contributed by atoms with Crippen LogP contribution in [0.15, 0.2) is 86.4 Å². The molecule has 0 amide bonds. The summed E-state index contributed by atoms with van der Waals surface area (Å²) in [6.45, 7) is 0. The maximum Gasteiger partial charge on any atom is 0.349 e. The number of hydrogen-bond acceptors (Lipinski definition) is 7. The standard InChI is InChI=1S/C24H15NO6/c1-28-19-8-4-2-6-16(19)23(26)29-15-11-10-14-12-17(24(27)31-21(14)13-15)22-25-18-7-3-5-9-20(18)30-22/h2-13H,1H3. The van der Waals surface area contributed by atoms with Gasteiger partial charge in [-0.2, -0.15) is 0 Å². The van der Waals surface area contributed by atoms with E-state index in [2.05, 4.69) is 4.98 Å². The van der Waals surface area contributed by atoms with Gasteiger partial charge in [0, 0.05) is 11.5 Å². The van der Waals surface area contributed by atoms with E-state index in [0.29, 0.717) is 22.2 Å². The van der Waals surface area contributed by atoms with E-state index in [1.165, 1.54) is 13.2 Å². The first-order valence-electron chi connectivity index (χ1n) is 9.41. The summed E-state index contributed by atoms with van der Waals surface area (Å²) in [4.78, 5) is 29.4. The third kappa shape index (κ3) is 3.42. The first-order valence-corrected chi connectivity index (χ1v) is 9.41. The number of aromatic nitrogens is 1. The Morgan fingerprint density at radius 1 is 0.903 bits per heavy atom. The number of carbonyl (C=O) groups is 1. The third-order valence-electron chi connectivity index (χ3n) is 4.77. The minimum absolute atomic E-state index is 0.184. The summed E-state index contributed by atoms with van der Waals surface area (Å²) in [5.41, 5.74) is 1.40. The van der Waals surface area contributed by atoms with Crippen molar-refractivity contribution >= 4 is 28.0 Å². The Labute approximate surface area is 175 Å². The van der Waals surface area contributed by atoms with E-state index in [4.69, 9.17) is 18.3 Å². The molecule has 152 valence electrons. The van der Waals surface area contributed by atoms with Crippen molar-refractivity contribution in [1.82, 2.24) is 4.98 Å².